The van der Waals surface area contributed by atoms with Crippen molar-refractivity contribution in [3.05, 3.63) is 30.3 Å². The molecule has 0 aliphatic rings. The quantitative estimate of drug-likeness (QED) is 0.479. The Morgan fingerprint density at radius 2 is 1.23 bits per heavy atom. The van der Waals surface area contributed by atoms with E-state index in [2.05, 4.69) is 0 Å². The molecule has 6 nitrogen and oxygen atoms in total. The van der Waals surface area contributed by atoms with E-state index in [9.17, 15) is 21.4 Å². The van der Waals surface area contributed by atoms with E-state index >= 15 is 0 Å². The van der Waals surface area contributed by atoms with Gasteiger partial charge in [0.2, 0.25) is 25.5 Å². The van der Waals surface area contributed by atoms with E-state index in [0.29, 0.717) is 18.1 Å². The summed E-state index contributed by atoms with van der Waals surface area (Å²) in [6.45, 7) is 5.17. The third-order valence-electron chi connectivity index (χ3n) is 2.72. The summed E-state index contributed by atoms with van der Waals surface area (Å²) in [5, 5.41) is 0.509. The number of halogens is 2. The van der Waals surface area contributed by atoms with Crippen LogP contribution in [0.1, 0.15) is 39.5 Å². The summed E-state index contributed by atoms with van der Waals surface area (Å²) < 4.78 is 51.6. The van der Waals surface area contributed by atoms with Crippen molar-refractivity contribution in [2.24, 2.45) is 0 Å². The zero-order valence-electron chi connectivity index (χ0n) is 15.1. The van der Waals surface area contributed by atoms with E-state index in [1.54, 1.807) is 24.3 Å². The molecule has 0 saturated heterocycles. The first-order chi connectivity index (χ1) is 11.7. The van der Waals surface area contributed by atoms with E-state index in [0.717, 1.165) is 12.8 Å². The molecule has 1 N–H and O–H groups in total. The molecule has 1 aromatic rings. The van der Waals surface area contributed by atoms with Crippen molar-refractivity contribution in [3.8, 4) is 0 Å². The number of rotatable bonds is 7. The third kappa shape index (κ3) is 21.9. The summed E-state index contributed by atoms with van der Waals surface area (Å²) in [6.07, 6.45) is 3.05. The van der Waals surface area contributed by atoms with Crippen molar-refractivity contribution < 1.29 is 26.3 Å². The molecule has 0 heterocycles. The minimum absolute atomic E-state index is 0.102. The van der Waals surface area contributed by atoms with Crippen molar-refractivity contribution in [3.63, 3.8) is 0 Å². The van der Waals surface area contributed by atoms with Crippen molar-refractivity contribution in [1.29, 1.82) is 0 Å². The second-order valence-electron chi connectivity index (χ2n) is 5.41. The normalized spacial score (nSPS) is 13.5. The Hall–Kier alpha value is -0.110. The Kier molecular flexibility index (Phi) is 15.1. The largest absolute Gasteiger partial charge is 0.341 e. The van der Waals surface area contributed by atoms with Gasteiger partial charge >= 0.3 is 0 Å². The summed E-state index contributed by atoms with van der Waals surface area (Å²) in [5.41, 5.74) is 0. The highest BCUT2D eigenvalue weighted by atomic mass is 35.7. The van der Waals surface area contributed by atoms with Crippen LogP contribution in [-0.4, -0.2) is 39.9 Å². The Bertz CT molecular complexity index is 695. The maximum atomic E-state index is 11.0. The molecule has 0 saturated carbocycles. The Labute approximate surface area is 166 Å². The van der Waals surface area contributed by atoms with E-state index in [4.69, 9.17) is 26.3 Å². The van der Waals surface area contributed by atoms with Crippen LogP contribution >= 0.6 is 28.7 Å². The van der Waals surface area contributed by atoms with Gasteiger partial charge < -0.3 is 4.89 Å². The molecule has 154 valence electrons. The maximum absolute atomic E-state index is 11.0. The topological polar surface area (TPSA) is 106 Å². The van der Waals surface area contributed by atoms with Gasteiger partial charge in [0.25, 0.3) is 0 Å². The smallest absolute Gasteiger partial charge is 0.232 e. The van der Waals surface area contributed by atoms with Crippen LogP contribution < -0.4 is 5.30 Å². The first-order valence-electron chi connectivity index (χ1n) is 7.93. The zero-order valence-corrected chi connectivity index (χ0v) is 19.2. The van der Waals surface area contributed by atoms with Crippen LogP contribution in [0.5, 0.6) is 0 Å². The highest BCUT2D eigenvalue weighted by Gasteiger charge is 2.11. The van der Waals surface area contributed by atoms with Crippen molar-refractivity contribution in [2.45, 2.75) is 39.5 Å². The minimum atomic E-state index is -3.21. The molecular weight excluding hydrogens is 442 g/mol. The molecule has 0 aliphatic carbocycles. The van der Waals surface area contributed by atoms with Crippen molar-refractivity contribution in [1.82, 2.24) is 0 Å². The summed E-state index contributed by atoms with van der Waals surface area (Å²) in [4.78, 5) is 9.04. The van der Waals surface area contributed by atoms with Gasteiger partial charge in [0, 0.05) is 33.3 Å². The molecule has 1 aromatic carbocycles. The SMILES string of the molecule is CCCCS(=O)(=O)Cl.CCCCS(=O)(=O)Cl.CP(=O)(O)c1ccccc1. The fourth-order valence-corrected chi connectivity index (χ4v) is 3.99. The molecule has 11 heteroatoms. The number of unbranched alkanes of at least 4 members (excludes halogenated alkanes) is 2. The standard InChI is InChI=1S/C7H9O2P.2C4H9ClO2S/c1-10(8,9)7-5-3-2-4-6-7;2*1-2-3-4-8(5,6)7/h2-6H,1H3,(H,8,9);2*2-4H2,1H3. The van der Waals surface area contributed by atoms with Gasteiger partial charge in [-0.05, 0) is 25.0 Å². The first kappa shape index (κ1) is 28.1. The summed E-state index contributed by atoms with van der Waals surface area (Å²) in [5.74, 6) is 0.204. The van der Waals surface area contributed by atoms with Crippen LogP contribution in [-0.2, 0) is 22.7 Å². The highest BCUT2D eigenvalue weighted by molar-refractivity contribution is 8.14. The Morgan fingerprint density at radius 3 is 1.38 bits per heavy atom. The zero-order chi connectivity index (χ0) is 20.9. The molecular formula is C15H27Cl2O6PS2. The predicted octanol–water partition coefficient (Wildman–Crippen LogP) is 3.92. The molecule has 1 atom stereocenters. The van der Waals surface area contributed by atoms with E-state index in [1.807, 2.05) is 19.9 Å². The molecule has 0 amide bonds. The third-order valence-corrected chi connectivity index (χ3v) is 6.45. The monoisotopic (exact) mass is 468 g/mol. The number of hydrogen-bond donors (Lipinski definition) is 1. The first-order valence-corrected chi connectivity index (χ1v) is 15.0. The van der Waals surface area contributed by atoms with Crippen LogP contribution in [0.2, 0.25) is 0 Å². The summed E-state index contributed by atoms with van der Waals surface area (Å²) in [6, 6.07) is 8.63. The van der Waals surface area contributed by atoms with Crippen LogP contribution in [0.3, 0.4) is 0 Å². The van der Waals surface area contributed by atoms with Gasteiger partial charge in [0.15, 0.2) is 0 Å². The van der Waals surface area contributed by atoms with Gasteiger partial charge in [0.1, 0.15) is 0 Å². The van der Waals surface area contributed by atoms with Gasteiger partial charge in [-0.25, -0.2) is 16.8 Å². The maximum Gasteiger partial charge on any atom is 0.232 e. The fourth-order valence-electron chi connectivity index (χ4n) is 1.34. The molecule has 0 aliphatic heterocycles. The van der Waals surface area contributed by atoms with Gasteiger partial charge in [-0.3, -0.25) is 4.57 Å². The van der Waals surface area contributed by atoms with Crippen LogP contribution in [0, 0.1) is 0 Å². The molecule has 0 spiro atoms. The van der Waals surface area contributed by atoms with Crippen molar-refractivity contribution in [2.75, 3.05) is 18.2 Å². The molecule has 1 unspecified atom stereocenters. The van der Waals surface area contributed by atoms with Crippen molar-refractivity contribution >= 4 is 52.1 Å². The van der Waals surface area contributed by atoms with Crippen LogP contribution in [0.25, 0.3) is 0 Å². The second kappa shape index (κ2) is 14.0. The lowest BCUT2D eigenvalue weighted by Crippen LogP contribution is -2.00. The van der Waals surface area contributed by atoms with Gasteiger partial charge in [-0.1, -0.05) is 44.9 Å². The van der Waals surface area contributed by atoms with Gasteiger partial charge in [-0.15, -0.1) is 0 Å². The lowest BCUT2D eigenvalue weighted by Gasteiger charge is -2.02. The lowest BCUT2D eigenvalue weighted by atomic mass is 10.4. The average Bonchev–Trinajstić information content (AvgIpc) is 2.51. The van der Waals surface area contributed by atoms with E-state index < -0.39 is 25.5 Å². The lowest BCUT2D eigenvalue weighted by molar-refractivity contribution is 0.496. The number of hydrogen-bond acceptors (Lipinski definition) is 5. The molecule has 0 radical (unpaired) electrons. The summed E-state index contributed by atoms with van der Waals surface area (Å²) >= 11 is 0. The molecule has 1 rings (SSSR count). The van der Waals surface area contributed by atoms with E-state index in [1.165, 1.54) is 6.66 Å². The van der Waals surface area contributed by atoms with Gasteiger partial charge in [-0.2, -0.15) is 0 Å². The molecule has 0 bridgehead atoms. The molecule has 26 heavy (non-hydrogen) atoms. The average molecular weight is 469 g/mol. The highest BCUT2D eigenvalue weighted by Crippen LogP contribution is 2.33. The van der Waals surface area contributed by atoms with E-state index in [-0.39, 0.29) is 11.5 Å². The minimum Gasteiger partial charge on any atom is -0.341 e. The van der Waals surface area contributed by atoms with Crippen LogP contribution in [0.4, 0.5) is 0 Å². The molecule has 0 aromatic heterocycles. The Balaban J connectivity index is 0. The van der Waals surface area contributed by atoms with Gasteiger partial charge in [0.05, 0.1) is 11.5 Å². The predicted molar refractivity (Wildman–Crippen MR) is 111 cm³/mol. The fraction of sp³-hybridized carbons (Fsp3) is 0.600. The summed E-state index contributed by atoms with van der Waals surface area (Å²) in [7, 11) is 0.322. The Morgan fingerprint density at radius 1 is 0.885 bits per heavy atom. The second-order valence-corrected chi connectivity index (χ2v) is 13.5. The number of benzene rings is 1. The molecule has 0 fully saturated rings. The van der Waals surface area contributed by atoms with Crippen LogP contribution in [0.15, 0.2) is 30.3 Å².